The van der Waals surface area contributed by atoms with E-state index >= 15 is 0 Å². The fourth-order valence-electron chi connectivity index (χ4n) is 3.36. The second-order valence-corrected chi connectivity index (χ2v) is 6.69. The van der Waals surface area contributed by atoms with Gasteiger partial charge in [-0.05, 0) is 25.8 Å². The quantitative estimate of drug-likeness (QED) is 0.814. The zero-order chi connectivity index (χ0) is 19.2. The lowest BCUT2D eigenvalue weighted by molar-refractivity contribution is -0.125. The number of benzene rings is 1. The Morgan fingerprint density at radius 1 is 1.19 bits per heavy atom. The lowest BCUT2D eigenvalue weighted by Gasteiger charge is -2.20. The van der Waals surface area contributed by atoms with Crippen LogP contribution >= 0.6 is 0 Å². The summed E-state index contributed by atoms with van der Waals surface area (Å²) in [7, 11) is 1.61. The number of aryl methyl sites for hydroxylation is 1. The molecule has 1 aliphatic carbocycles. The monoisotopic (exact) mass is 368 g/mol. The summed E-state index contributed by atoms with van der Waals surface area (Å²) in [4.78, 5) is 33.2. The Kier molecular flexibility index (Phi) is 6.01. The topological polar surface area (TPSA) is 93.2 Å². The maximum atomic E-state index is 12.7. The number of methoxy groups -OCH3 is 1. The molecule has 1 aromatic heterocycles. The summed E-state index contributed by atoms with van der Waals surface area (Å²) in [6.45, 7) is 2.21. The lowest BCUT2D eigenvalue weighted by atomic mass is 10.0. The molecule has 1 aliphatic rings. The van der Waals surface area contributed by atoms with E-state index in [0.717, 1.165) is 36.3 Å². The van der Waals surface area contributed by atoms with E-state index in [2.05, 4.69) is 20.6 Å². The van der Waals surface area contributed by atoms with Crippen molar-refractivity contribution >= 4 is 11.8 Å². The molecule has 2 N–H and O–H groups in total. The third kappa shape index (κ3) is 4.61. The number of rotatable bonds is 6. The van der Waals surface area contributed by atoms with Gasteiger partial charge in [0.2, 0.25) is 5.91 Å². The van der Waals surface area contributed by atoms with Crippen molar-refractivity contribution in [3.8, 4) is 5.75 Å². The van der Waals surface area contributed by atoms with Crippen molar-refractivity contribution in [1.82, 2.24) is 20.6 Å². The number of ether oxygens (including phenoxy) is 1. The van der Waals surface area contributed by atoms with Gasteiger partial charge in [0.25, 0.3) is 5.91 Å². The zero-order valence-electron chi connectivity index (χ0n) is 15.6. The van der Waals surface area contributed by atoms with Gasteiger partial charge >= 0.3 is 0 Å². The molecule has 142 valence electrons. The van der Waals surface area contributed by atoms with E-state index in [0.29, 0.717) is 6.54 Å². The molecule has 0 saturated heterocycles. The Hall–Kier alpha value is -2.96. The first-order valence-electron chi connectivity index (χ1n) is 9.07. The summed E-state index contributed by atoms with van der Waals surface area (Å²) in [6.07, 6.45) is 5.44. The summed E-state index contributed by atoms with van der Waals surface area (Å²) in [6, 6.07) is 7.38. The van der Waals surface area contributed by atoms with Crippen LogP contribution in [0.5, 0.6) is 5.75 Å². The van der Waals surface area contributed by atoms with Crippen molar-refractivity contribution in [3.05, 3.63) is 53.6 Å². The third-order valence-electron chi connectivity index (χ3n) is 4.83. The fraction of sp³-hybridized carbons (Fsp3) is 0.400. The molecule has 1 aromatic carbocycles. The van der Waals surface area contributed by atoms with Crippen molar-refractivity contribution in [2.75, 3.05) is 7.11 Å². The van der Waals surface area contributed by atoms with Crippen LogP contribution in [-0.2, 0) is 11.3 Å². The van der Waals surface area contributed by atoms with Crippen molar-refractivity contribution in [1.29, 1.82) is 0 Å². The summed E-state index contributed by atoms with van der Waals surface area (Å²) < 4.78 is 5.31. The van der Waals surface area contributed by atoms with E-state index < -0.39 is 0 Å². The smallest absolute Gasteiger partial charge is 0.271 e. The average Bonchev–Trinajstić information content (AvgIpc) is 3.15. The number of carbonyl (C=O) groups is 2. The minimum Gasteiger partial charge on any atom is -0.496 e. The molecule has 1 saturated carbocycles. The number of aromatic nitrogens is 2. The van der Waals surface area contributed by atoms with Crippen LogP contribution in [0, 0.1) is 12.8 Å². The molecule has 2 aromatic rings. The van der Waals surface area contributed by atoms with E-state index in [9.17, 15) is 9.59 Å². The molecule has 27 heavy (non-hydrogen) atoms. The van der Waals surface area contributed by atoms with Gasteiger partial charge in [-0.3, -0.25) is 14.6 Å². The molecule has 7 heteroatoms. The van der Waals surface area contributed by atoms with Gasteiger partial charge in [-0.2, -0.15) is 0 Å². The molecule has 2 atom stereocenters. The van der Waals surface area contributed by atoms with E-state index in [1.165, 1.54) is 6.20 Å². The normalized spacial score (nSPS) is 18.7. The summed E-state index contributed by atoms with van der Waals surface area (Å²) in [5.41, 5.74) is 1.93. The Labute approximate surface area is 158 Å². The minimum atomic E-state index is -0.295. The standard InChI is InChI=1S/C20H24N4O3/c1-13-10-22-17(12-21-13)20(26)24-16-8-5-7-15(16)19(25)23-11-14-6-3-4-9-18(14)27-2/h3-4,6,9-10,12,15-16H,5,7-8,11H2,1-2H3,(H,23,25)(H,24,26)/t15-,16+/m0/s1. The van der Waals surface area contributed by atoms with Gasteiger partial charge < -0.3 is 15.4 Å². The summed E-state index contributed by atoms with van der Waals surface area (Å²) >= 11 is 0. The lowest BCUT2D eigenvalue weighted by Crippen LogP contribution is -2.44. The predicted molar refractivity (Wildman–Crippen MR) is 100 cm³/mol. The highest BCUT2D eigenvalue weighted by atomic mass is 16.5. The first-order chi connectivity index (χ1) is 13.1. The third-order valence-corrected chi connectivity index (χ3v) is 4.83. The van der Waals surface area contributed by atoms with Crippen LogP contribution < -0.4 is 15.4 Å². The van der Waals surface area contributed by atoms with Crippen LogP contribution in [0.25, 0.3) is 0 Å². The maximum absolute atomic E-state index is 12.7. The van der Waals surface area contributed by atoms with Gasteiger partial charge in [-0.15, -0.1) is 0 Å². The van der Waals surface area contributed by atoms with Crippen LogP contribution in [0.4, 0.5) is 0 Å². The van der Waals surface area contributed by atoms with Crippen LogP contribution in [-0.4, -0.2) is 34.9 Å². The van der Waals surface area contributed by atoms with E-state index in [-0.39, 0.29) is 29.5 Å². The molecule has 7 nitrogen and oxygen atoms in total. The summed E-state index contributed by atoms with van der Waals surface area (Å²) in [5, 5.41) is 5.91. The first-order valence-corrected chi connectivity index (χ1v) is 9.07. The molecular formula is C20H24N4O3. The van der Waals surface area contributed by atoms with Gasteiger partial charge in [-0.25, -0.2) is 4.98 Å². The Morgan fingerprint density at radius 2 is 2.00 bits per heavy atom. The highest BCUT2D eigenvalue weighted by Crippen LogP contribution is 2.26. The maximum Gasteiger partial charge on any atom is 0.271 e. The van der Waals surface area contributed by atoms with Gasteiger partial charge in [0, 0.05) is 24.3 Å². The molecule has 2 amide bonds. The van der Waals surface area contributed by atoms with Gasteiger partial charge in [-0.1, -0.05) is 24.6 Å². The van der Waals surface area contributed by atoms with Gasteiger partial charge in [0.1, 0.15) is 11.4 Å². The molecule has 0 bridgehead atoms. The molecule has 0 aliphatic heterocycles. The number of nitrogens with one attached hydrogen (secondary N) is 2. The largest absolute Gasteiger partial charge is 0.496 e. The van der Waals surface area contributed by atoms with Crippen LogP contribution in [0.1, 0.15) is 41.0 Å². The van der Waals surface area contributed by atoms with Crippen LogP contribution in [0.3, 0.4) is 0 Å². The molecule has 0 spiro atoms. The molecule has 1 heterocycles. The number of nitrogens with zero attached hydrogens (tertiary/aromatic N) is 2. The van der Waals surface area contributed by atoms with Gasteiger partial charge in [0.05, 0.1) is 24.9 Å². The first kappa shape index (κ1) is 18.8. The van der Waals surface area contributed by atoms with E-state index in [1.54, 1.807) is 13.3 Å². The molecular weight excluding hydrogens is 344 g/mol. The number of carbonyl (C=O) groups excluding carboxylic acids is 2. The Balaban J connectivity index is 1.59. The predicted octanol–water partition coefficient (Wildman–Crippen LogP) is 2.01. The second kappa shape index (κ2) is 8.62. The molecule has 3 rings (SSSR count). The number of amides is 2. The minimum absolute atomic E-state index is 0.0568. The second-order valence-electron chi connectivity index (χ2n) is 6.69. The van der Waals surface area contributed by atoms with Gasteiger partial charge in [0.15, 0.2) is 0 Å². The number of hydrogen-bond acceptors (Lipinski definition) is 5. The van der Waals surface area contributed by atoms with Crippen LogP contribution in [0.2, 0.25) is 0 Å². The molecule has 1 fully saturated rings. The van der Waals surface area contributed by atoms with E-state index in [1.807, 2.05) is 31.2 Å². The number of hydrogen-bond donors (Lipinski definition) is 2. The fourth-order valence-corrected chi connectivity index (χ4v) is 3.36. The average molecular weight is 368 g/mol. The van der Waals surface area contributed by atoms with E-state index in [4.69, 9.17) is 4.74 Å². The van der Waals surface area contributed by atoms with Crippen LogP contribution in [0.15, 0.2) is 36.7 Å². The number of para-hydroxylation sites is 1. The Bertz CT molecular complexity index is 807. The Morgan fingerprint density at radius 3 is 2.74 bits per heavy atom. The van der Waals surface area contributed by atoms with Crippen molar-refractivity contribution in [2.45, 2.75) is 38.8 Å². The zero-order valence-corrected chi connectivity index (χ0v) is 15.6. The SMILES string of the molecule is COc1ccccc1CNC(=O)[C@H]1CCC[C@H]1NC(=O)c1cnc(C)cn1. The van der Waals surface area contributed by atoms with Crippen molar-refractivity contribution in [3.63, 3.8) is 0 Å². The molecule has 0 unspecified atom stereocenters. The van der Waals surface area contributed by atoms with Crippen molar-refractivity contribution in [2.24, 2.45) is 5.92 Å². The summed E-state index contributed by atoms with van der Waals surface area (Å²) in [5.74, 6) is 0.143. The molecule has 0 radical (unpaired) electrons. The highest BCUT2D eigenvalue weighted by Gasteiger charge is 2.34. The van der Waals surface area contributed by atoms with Crippen molar-refractivity contribution < 1.29 is 14.3 Å². The highest BCUT2D eigenvalue weighted by molar-refractivity contribution is 5.92.